The minimum Gasteiger partial charge on any atom is -0.480 e. The van der Waals surface area contributed by atoms with Crippen molar-refractivity contribution in [2.75, 3.05) is 13.7 Å². The first-order valence-electron chi connectivity index (χ1n) is 14.4. The molecule has 0 aliphatic heterocycles. The number of amides is 2. The van der Waals surface area contributed by atoms with E-state index in [0.29, 0.717) is 25.8 Å². The summed E-state index contributed by atoms with van der Waals surface area (Å²) >= 11 is 0. The van der Waals surface area contributed by atoms with Crippen LogP contribution in [0.1, 0.15) is 77.6 Å². The average Bonchev–Trinajstić information content (AvgIpc) is 2.96. The third-order valence-corrected chi connectivity index (χ3v) is 5.56. The van der Waals surface area contributed by atoms with Gasteiger partial charge < -0.3 is 20.5 Å². The Labute approximate surface area is 245 Å². The predicted molar refractivity (Wildman–Crippen MR) is 165 cm³/mol. The first-order chi connectivity index (χ1) is 19.9. The number of hydrogen-bond acceptors (Lipinski definition) is 5. The van der Waals surface area contributed by atoms with Crippen LogP contribution in [0.3, 0.4) is 0 Å². The lowest BCUT2D eigenvalue weighted by atomic mass is 10.1. The molecule has 3 N–H and O–H groups in total. The Hall–Kier alpha value is -3.94. The topological polar surface area (TPSA) is 122 Å². The molecule has 8 nitrogen and oxygen atoms in total. The molecule has 0 unspecified atom stereocenters. The average molecular weight is 569 g/mol. The molecule has 0 aromatic heterocycles. The van der Waals surface area contributed by atoms with E-state index in [9.17, 15) is 24.3 Å². The summed E-state index contributed by atoms with van der Waals surface area (Å²) in [7, 11) is 1.22. The largest absolute Gasteiger partial charge is 0.480 e. The summed E-state index contributed by atoms with van der Waals surface area (Å²) in [4.78, 5) is 46.1. The van der Waals surface area contributed by atoms with Crippen molar-refractivity contribution in [1.82, 2.24) is 10.6 Å². The highest BCUT2D eigenvalue weighted by Gasteiger charge is 2.18. The second-order valence-corrected chi connectivity index (χ2v) is 9.06. The summed E-state index contributed by atoms with van der Waals surface area (Å²) in [5.41, 5.74) is 0. The van der Waals surface area contributed by atoms with E-state index in [-0.39, 0.29) is 18.7 Å². The SMILES string of the molecule is CCC=CCC=CCC=CCC=CCC=CCC=CCCC(=O)N[C@@H](CCCCNC(=O)C=CC(=O)OC)C(=O)O. The summed E-state index contributed by atoms with van der Waals surface area (Å²) in [6.07, 6.45) is 35.2. The van der Waals surface area contributed by atoms with Crippen LogP contribution in [0.5, 0.6) is 0 Å². The summed E-state index contributed by atoms with van der Waals surface area (Å²) in [6, 6.07) is -0.970. The summed E-state index contributed by atoms with van der Waals surface area (Å²) in [5, 5.41) is 14.5. The fraction of sp³-hybridized carbons (Fsp3) is 0.455. The van der Waals surface area contributed by atoms with Crippen molar-refractivity contribution < 1.29 is 29.0 Å². The normalized spacial score (nSPS) is 13.0. The number of aliphatic carboxylic acids is 1. The molecule has 0 heterocycles. The molecule has 0 aromatic rings. The molecule has 226 valence electrons. The zero-order chi connectivity index (χ0) is 30.4. The van der Waals surface area contributed by atoms with Gasteiger partial charge in [-0.3, -0.25) is 9.59 Å². The lowest BCUT2D eigenvalue weighted by Gasteiger charge is -2.14. The molecule has 0 bridgehead atoms. The van der Waals surface area contributed by atoms with Gasteiger partial charge in [0.05, 0.1) is 7.11 Å². The van der Waals surface area contributed by atoms with Crippen molar-refractivity contribution in [1.29, 1.82) is 0 Å². The number of allylic oxidation sites excluding steroid dienone is 12. The monoisotopic (exact) mass is 568 g/mol. The van der Waals surface area contributed by atoms with Crippen molar-refractivity contribution in [3.05, 3.63) is 85.1 Å². The number of carboxylic acids is 1. The van der Waals surface area contributed by atoms with Crippen LogP contribution in [0.25, 0.3) is 0 Å². The van der Waals surface area contributed by atoms with Crippen LogP contribution in [0.15, 0.2) is 85.1 Å². The lowest BCUT2D eigenvalue weighted by molar-refractivity contribution is -0.142. The van der Waals surface area contributed by atoms with Crippen LogP contribution in [0, 0.1) is 0 Å². The Morgan fingerprint density at radius 1 is 0.732 bits per heavy atom. The van der Waals surface area contributed by atoms with Gasteiger partial charge in [0.15, 0.2) is 0 Å². The molecule has 0 saturated heterocycles. The van der Waals surface area contributed by atoms with E-state index in [1.807, 2.05) is 12.2 Å². The first-order valence-corrected chi connectivity index (χ1v) is 14.4. The molecule has 0 aliphatic rings. The number of nitrogens with one attached hydrogen (secondary N) is 2. The van der Waals surface area contributed by atoms with Crippen molar-refractivity contribution in [3.63, 3.8) is 0 Å². The number of unbranched alkanes of at least 4 members (excludes halogenated alkanes) is 1. The molecule has 0 saturated carbocycles. The van der Waals surface area contributed by atoms with E-state index < -0.39 is 23.9 Å². The van der Waals surface area contributed by atoms with Gasteiger partial charge in [-0.1, -0.05) is 79.8 Å². The molecule has 2 amide bonds. The highest BCUT2D eigenvalue weighted by molar-refractivity contribution is 5.94. The summed E-state index contributed by atoms with van der Waals surface area (Å²) in [6.45, 7) is 2.46. The summed E-state index contributed by atoms with van der Waals surface area (Å²) < 4.78 is 4.40. The van der Waals surface area contributed by atoms with Crippen LogP contribution < -0.4 is 10.6 Å². The van der Waals surface area contributed by atoms with Gasteiger partial charge >= 0.3 is 11.9 Å². The van der Waals surface area contributed by atoms with Gasteiger partial charge in [-0.15, -0.1) is 0 Å². The van der Waals surface area contributed by atoms with Crippen molar-refractivity contribution in [2.45, 2.75) is 83.6 Å². The molecule has 0 radical (unpaired) electrons. The minimum atomic E-state index is -1.09. The number of carboxylic acid groups (broad SMARTS) is 1. The number of ether oxygens (including phenoxy) is 1. The fourth-order valence-electron chi connectivity index (χ4n) is 3.33. The first kappa shape index (κ1) is 37.1. The molecule has 41 heavy (non-hydrogen) atoms. The minimum absolute atomic E-state index is 0.217. The number of carbonyl (C=O) groups excluding carboxylic acids is 3. The van der Waals surface area contributed by atoms with Gasteiger partial charge in [0, 0.05) is 25.1 Å². The molecule has 1 atom stereocenters. The van der Waals surface area contributed by atoms with Gasteiger partial charge in [0.25, 0.3) is 0 Å². The van der Waals surface area contributed by atoms with E-state index in [4.69, 9.17) is 0 Å². The lowest BCUT2D eigenvalue weighted by Crippen LogP contribution is -2.40. The third kappa shape index (κ3) is 26.1. The van der Waals surface area contributed by atoms with Crippen LogP contribution >= 0.6 is 0 Å². The van der Waals surface area contributed by atoms with Crippen LogP contribution in [-0.2, 0) is 23.9 Å². The van der Waals surface area contributed by atoms with E-state index in [0.717, 1.165) is 50.7 Å². The van der Waals surface area contributed by atoms with Crippen LogP contribution in [0.2, 0.25) is 0 Å². The second-order valence-electron chi connectivity index (χ2n) is 9.06. The van der Waals surface area contributed by atoms with E-state index in [2.05, 4.69) is 83.1 Å². The van der Waals surface area contributed by atoms with Crippen molar-refractivity contribution >= 4 is 23.8 Å². The smallest absolute Gasteiger partial charge is 0.330 e. The molecular weight excluding hydrogens is 520 g/mol. The molecule has 0 rings (SSSR count). The molecular formula is C33H48N2O6. The Morgan fingerprint density at radius 3 is 1.73 bits per heavy atom. The van der Waals surface area contributed by atoms with E-state index >= 15 is 0 Å². The van der Waals surface area contributed by atoms with Crippen molar-refractivity contribution in [2.24, 2.45) is 0 Å². The van der Waals surface area contributed by atoms with Gasteiger partial charge in [-0.25, -0.2) is 9.59 Å². The third-order valence-electron chi connectivity index (χ3n) is 5.56. The number of rotatable bonds is 23. The molecule has 8 heteroatoms. The number of methoxy groups -OCH3 is 1. The van der Waals surface area contributed by atoms with E-state index in [1.165, 1.54) is 7.11 Å². The maximum Gasteiger partial charge on any atom is 0.330 e. The quantitative estimate of drug-likeness (QED) is 0.0597. The van der Waals surface area contributed by atoms with Gasteiger partial charge in [-0.2, -0.15) is 0 Å². The van der Waals surface area contributed by atoms with E-state index in [1.54, 1.807) is 0 Å². The molecule has 0 aliphatic carbocycles. The highest BCUT2D eigenvalue weighted by Crippen LogP contribution is 2.03. The maximum atomic E-state index is 12.1. The molecule has 0 fully saturated rings. The Balaban J connectivity index is 3.95. The maximum absolute atomic E-state index is 12.1. The number of hydrogen-bond donors (Lipinski definition) is 3. The van der Waals surface area contributed by atoms with Crippen LogP contribution in [-0.4, -0.2) is 48.6 Å². The second kappa shape index (κ2) is 27.6. The molecule has 0 spiro atoms. The van der Waals surface area contributed by atoms with Crippen molar-refractivity contribution in [3.8, 4) is 0 Å². The zero-order valence-electron chi connectivity index (χ0n) is 24.6. The number of carbonyl (C=O) groups is 4. The van der Waals surface area contributed by atoms with Gasteiger partial charge in [0.1, 0.15) is 6.04 Å². The Kier molecular flexibility index (Phi) is 25.0. The fourth-order valence-corrected chi connectivity index (χ4v) is 3.33. The number of esters is 1. The molecule has 0 aromatic carbocycles. The summed E-state index contributed by atoms with van der Waals surface area (Å²) in [5.74, 6) is -2.45. The predicted octanol–water partition coefficient (Wildman–Crippen LogP) is 6.05. The zero-order valence-corrected chi connectivity index (χ0v) is 24.6. The Morgan fingerprint density at radius 2 is 1.24 bits per heavy atom. The Bertz CT molecular complexity index is 957. The van der Waals surface area contributed by atoms with Gasteiger partial charge in [0.2, 0.25) is 11.8 Å². The highest BCUT2D eigenvalue weighted by atomic mass is 16.5. The van der Waals surface area contributed by atoms with Gasteiger partial charge in [-0.05, 0) is 64.2 Å². The standard InChI is InChI=1S/C33H48N2O6/c1-3-4-5-6-7-8-9-10-11-12-13-14-15-16-17-18-19-20-21-25-31(37)35-29(33(39)40)24-22-23-28-34-30(36)26-27-32(38)41-2/h4-5,7-8,10-11,13-14,16-17,19-20,26-27,29H,3,6,9,12,15,18,21-25,28H2,1-2H3,(H,34,36)(H,35,37)(H,39,40)/t29-/m0/s1. The van der Waals surface area contributed by atoms with Crippen LogP contribution in [0.4, 0.5) is 0 Å².